The molecular weight excluding hydrogens is 304 g/mol. The van der Waals surface area contributed by atoms with Crippen LogP contribution >= 0.6 is 0 Å². The van der Waals surface area contributed by atoms with Crippen LogP contribution in [0.25, 0.3) is 0 Å². The van der Waals surface area contributed by atoms with Crippen LogP contribution in [-0.2, 0) is 6.54 Å². The second-order valence-electron chi connectivity index (χ2n) is 6.04. The first-order valence-corrected chi connectivity index (χ1v) is 8.16. The van der Waals surface area contributed by atoms with E-state index in [9.17, 15) is 0 Å². The number of piperazine rings is 1. The minimum atomic E-state index is 0.822. The van der Waals surface area contributed by atoms with Gasteiger partial charge in [-0.2, -0.15) is 0 Å². The van der Waals surface area contributed by atoms with Crippen molar-refractivity contribution in [3.05, 3.63) is 41.7 Å². The van der Waals surface area contributed by atoms with Crippen molar-refractivity contribution in [2.75, 3.05) is 45.3 Å². The molecule has 3 rings (SSSR count). The summed E-state index contributed by atoms with van der Waals surface area (Å²) in [7, 11) is 3.36. The third-order valence-corrected chi connectivity index (χ3v) is 4.24. The molecule has 0 atom stereocenters. The predicted molar refractivity (Wildman–Crippen MR) is 93.8 cm³/mol. The first-order valence-electron chi connectivity index (χ1n) is 8.16. The Hall–Kier alpha value is -2.34. The maximum absolute atomic E-state index is 5.35. The van der Waals surface area contributed by atoms with Gasteiger partial charge in [0.1, 0.15) is 11.5 Å². The maximum atomic E-state index is 5.35. The summed E-state index contributed by atoms with van der Waals surface area (Å²) in [6, 6.07) is 6.03. The summed E-state index contributed by atoms with van der Waals surface area (Å²) in [6.45, 7) is 6.72. The van der Waals surface area contributed by atoms with Crippen LogP contribution in [0.3, 0.4) is 0 Å². The van der Waals surface area contributed by atoms with Crippen LogP contribution in [0.2, 0.25) is 0 Å². The van der Waals surface area contributed by atoms with E-state index in [-0.39, 0.29) is 0 Å². The Morgan fingerprint density at radius 2 is 1.50 bits per heavy atom. The van der Waals surface area contributed by atoms with Gasteiger partial charge in [0.05, 0.1) is 14.2 Å². The molecule has 0 saturated carbocycles. The van der Waals surface area contributed by atoms with Crippen molar-refractivity contribution in [2.45, 2.75) is 13.5 Å². The van der Waals surface area contributed by atoms with Gasteiger partial charge >= 0.3 is 0 Å². The number of hydrogen-bond acceptors (Lipinski definition) is 6. The van der Waals surface area contributed by atoms with Gasteiger partial charge < -0.3 is 14.4 Å². The van der Waals surface area contributed by atoms with Gasteiger partial charge in [0.25, 0.3) is 0 Å². The second-order valence-corrected chi connectivity index (χ2v) is 6.04. The number of rotatable bonds is 5. The molecule has 0 N–H and O–H groups in total. The van der Waals surface area contributed by atoms with Crippen LogP contribution in [0.1, 0.15) is 11.1 Å². The highest BCUT2D eigenvalue weighted by atomic mass is 16.5. The topological polar surface area (TPSA) is 50.7 Å². The van der Waals surface area contributed by atoms with Gasteiger partial charge in [-0.3, -0.25) is 4.90 Å². The molecule has 0 spiro atoms. The minimum Gasteiger partial charge on any atom is -0.497 e. The number of benzene rings is 1. The highest BCUT2D eigenvalue weighted by molar-refractivity contribution is 5.38. The van der Waals surface area contributed by atoms with E-state index in [2.05, 4.69) is 31.9 Å². The first-order chi connectivity index (χ1) is 11.7. The molecule has 0 aliphatic carbocycles. The van der Waals surface area contributed by atoms with E-state index in [1.54, 1.807) is 14.2 Å². The average molecular weight is 328 g/mol. The fourth-order valence-electron chi connectivity index (χ4n) is 2.87. The summed E-state index contributed by atoms with van der Waals surface area (Å²) in [6.07, 6.45) is 3.74. The number of methoxy groups -OCH3 is 2. The fourth-order valence-corrected chi connectivity index (χ4v) is 2.87. The number of ether oxygens (including phenoxy) is 2. The van der Waals surface area contributed by atoms with Gasteiger partial charge in [-0.05, 0) is 30.2 Å². The Labute approximate surface area is 143 Å². The van der Waals surface area contributed by atoms with E-state index in [1.807, 2.05) is 25.4 Å². The molecule has 6 heteroatoms. The van der Waals surface area contributed by atoms with Crippen LogP contribution in [0.5, 0.6) is 11.5 Å². The zero-order chi connectivity index (χ0) is 16.9. The molecule has 1 aliphatic rings. The molecule has 1 aromatic heterocycles. The monoisotopic (exact) mass is 328 g/mol. The molecular formula is C18H24N4O2. The van der Waals surface area contributed by atoms with Crippen molar-refractivity contribution >= 4 is 5.95 Å². The number of anilines is 1. The summed E-state index contributed by atoms with van der Waals surface area (Å²) in [4.78, 5) is 13.5. The Balaban J connectivity index is 1.60. The van der Waals surface area contributed by atoms with Gasteiger partial charge in [0.15, 0.2) is 0 Å². The molecule has 1 aromatic carbocycles. The highest BCUT2D eigenvalue weighted by Crippen LogP contribution is 2.24. The number of hydrogen-bond donors (Lipinski definition) is 0. The van der Waals surface area contributed by atoms with E-state index in [4.69, 9.17) is 9.47 Å². The normalized spacial score (nSPS) is 15.4. The summed E-state index contributed by atoms with van der Waals surface area (Å²) < 4.78 is 10.7. The molecule has 0 bridgehead atoms. The van der Waals surface area contributed by atoms with Gasteiger partial charge in [0, 0.05) is 51.2 Å². The van der Waals surface area contributed by atoms with E-state index >= 15 is 0 Å². The van der Waals surface area contributed by atoms with Crippen LogP contribution in [-0.4, -0.2) is 55.3 Å². The van der Waals surface area contributed by atoms with Crippen LogP contribution in [0.4, 0.5) is 5.95 Å². The maximum Gasteiger partial charge on any atom is 0.225 e. The van der Waals surface area contributed by atoms with Gasteiger partial charge in [-0.25, -0.2) is 9.97 Å². The molecule has 2 heterocycles. The van der Waals surface area contributed by atoms with Crippen molar-refractivity contribution in [3.63, 3.8) is 0 Å². The van der Waals surface area contributed by atoms with Crippen LogP contribution < -0.4 is 14.4 Å². The first kappa shape index (κ1) is 16.5. The van der Waals surface area contributed by atoms with E-state index in [1.165, 1.54) is 5.56 Å². The summed E-state index contributed by atoms with van der Waals surface area (Å²) in [5, 5.41) is 0. The standard InChI is InChI=1S/C18H24N4O2/c1-14-11-19-18(20-12-14)22-6-4-21(5-7-22)13-15-8-16(23-2)10-17(9-15)24-3/h8-12H,4-7,13H2,1-3H3. The molecule has 128 valence electrons. The molecule has 6 nitrogen and oxygen atoms in total. The van der Waals surface area contributed by atoms with Gasteiger partial charge in [-0.15, -0.1) is 0 Å². The molecule has 1 fully saturated rings. The number of aromatic nitrogens is 2. The van der Waals surface area contributed by atoms with Crippen LogP contribution in [0.15, 0.2) is 30.6 Å². The van der Waals surface area contributed by atoms with Crippen molar-refractivity contribution in [2.24, 2.45) is 0 Å². The Morgan fingerprint density at radius 3 is 2.04 bits per heavy atom. The quantitative estimate of drug-likeness (QED) is 0.838. The summed E-state index contributed by atoms with van der Waals surface area (Å²) >= 11 is 0. The third kappa shape index (κ3) is 3.94. The second kappa shape index (κ2) is 7.49. The third-order valence-electron chi connectivity index (χ3n) is 4.24. The van der Waals surface area contributed by atoms with Crippen molar-refractivity contribution in [1.82, 2.24) is 14.9 Å². The zero-order valence-corrected chi connectivity index (χ0v) is 14.5. The molecule has 24 heavy (non-hydrogen) atoms. The lowest BCUT2D eigenvalue weighted by molar-refractivity contribution is 0.248. The predicted octanol–water partition coefficient (Wildman–Crippen LogP) is 2.12. The zero-order valence-electron chi connectivity index (χ0n) is 14.5. The van der Waals surface area contributed by atoms with Gasteiger partial charge in [-0.1, -0.05) is 0 Å². The molecule has 0 amide bonds. The van der Waals surface area contributed by atoms with E-state index in [0.29, 0.717) is 0 Å². The minimum absolute atomic E-state index is 0.822. The lowest BCUT2D eigenvalue weighted by Crippen LogP contribution is -2.46. The molecule has 1 aliphatic heterocycles. The Bertz CT molecular complexity index is 645. The van der Waals surface area contributed by atoms with Crippen molar-refractivity contribution < 1.29 is 9.47 Å². The van der Waals surface area contributed by atoms with E-state index in [0.717, 1.165) is 55.7 Å². The van der Waals surface area contributed by atoms with E-state index < -0.39 is 0 Å². The summed E-state index contributed by atoms with van der Waals surface area (Å²) in [5.74, 6) is 2.48. The summed E-state index contributed by atoms with van der Waals surface area (Å²) in [5.41, 5.74) is 2.29. The molecule has 0 radical (unpaired) electrons. The lowest BCUT2D eigenvalue weighted by Gasteiger charge is -2.34. The smallest absolute Gasteiger partial charge is 0.225 e. The van der Waals surface area contributed by atoms with Crippen molar-refractivity contribution in [1.29, 1.82) is 0 Å². The van der Waals surface area contributed by atoms with Crippen LogP contribution in [0, 0.1) is 6.92 Å². The van der Waals surface area contributed by atoms with Crippen molar-refractivity contribution in [3.8, 4) is 11.5 Å². The molecule has 2 aromatic rings. The highest BCUT2D eigenvalue weighted by Gasteiger charge is 2.19. The average Bonchev–Trinajstić information content (AvgIpc) is 2.62. The van der Waals surface area contributed by atoms with Gasteiger partial charge in [0.2, 0.25) is 5.95 Å². The SMILES string of the molecule is COc1cc(CN2CCN(c3ncc(C)cn3)CC2)cc(OC)c1. The fraction of sp³-hybridized carbons (Fsp3) is 0.444. The largest absolute Gasteiger partial charge is 0.497 e. The Morgan fingerprint density at radius 1 is 0.917 bits per heavy atom. The Kier molecular flexibility index (Phi) is 5.15. The molecule has 1 saturated heterocycles. The molecule has 0 unspecified atom stereocenters. The number of nitrogens with zero attached hydrogens (tertiary/aromatic N) is 4. The number of aryl methyl sites for hydroxylation is 1. The lowest BCUT2D eigenvalue weighted by atomic mass is 10.1.